The largest absolute Gasteiger partial charge is 0.466 e. The number of methoxy groups -OCH3 is 1. The van der Waals surface area contributed by atoms with Crippen LogP contribution in [0.5, 0.6) is 0 Å². The molecule has 3 aromatic rings. The monoisotopic (exact) mass is 337 g/mol. The number of pyridine rings is 1. The Morgan fingerprint density at radius 2 is 1.96 bits per heavy atom. The topological polar surface area (TPSA) is 101 Å². The Hall–Kier alpha value is -3.48. The van der Waals surface area contributed by atoms with Gasteiger partial charge in [-0.15, -0.1) is 0 Å². The zero-order valence-electron chi connectivity index (χ0n) is 13.6. The highest BCUT2D eigenvalue weighted by Crippen LogP contribution is 2.27. The lowest BCUT2D eigenvalue weighted by Crippen LogP contribution is -2.20. The van der Waals surface area contributed by atoms with Gasteiger partial charge in [0.15, 0.2) is 5.78 Å². The summed E-state index contributed by atoms with van der Waals surface area (Å²) in [7, 11) is 1.24. The maximum Gasteiger partial charge on any atom is 0.331 e. The number of aromatic nitrogens is 2. The number of fused-ring (bicyclic) bond motifs is 3. The summed E-state index contributed by atoms with van der Waals surface area (Å²) >= 11 is 0. The fourth-order valence-corrected chi connectivity index (χ4v) is 2.54. The van der Waals surface area contributed by atoms with Gasteiger partial charge in [0.1, 0.15) is 11.4 Å². The van der Waals surface area contributed by atoms with E-state index in [1.807, 2.05) is 24.3 Å². The van der Waals surface area contributed by atoms with Crippen LogP contribution in [0, 0.1) is 0 Å². The number of esters is 1. The van der Waals surface area contributed by atoms with Crippen molar-refractivity contribution < 1.29 is 19.1 Å². The van der Waals surface area contributed by atoms with Crippen molar-refractivity contribution in [3.63, 3.8) is 0 Å². The fraction of sp³-hybridized carbons (Fsp3) is 0.111. The molecule has 7 nitrogen and oxygen atoms in total. The Bertz CT molecular complexity index is 1030. The summed E-state index contributed by atoms with van der Waals surface area (Å²) in [5.41, 5.74) is 1.72. The zero-order chi connectivity index (χ0) is 18.0. The van der Waals surface area contributed by atoms with Gasteiger partial charge in [-0.1, -0.05) is 18.2 Å². The highest BCUT2D eigenvalue weighted by atomic mass is 16.5. The summed E-state index contributed by atoms with van der Waals surface area (Å²) in [4.78, 5) is 42.6. The van der Waals surface area contributed by atoms with Crippen molar-refractivity contribution in [2.24, 2.45) is 0 Å². The number of H-pyrrole nitrogens is 1. The van der Waals surface area contributed by atoms with Gasteiger partial charge in [-0.2, -0.15) is 0 Å². The number of aromatic amines is 1. The lowest BCUT2D eigenvalue weighted by molar-refractivity contribution is -0.134. The first kappa shape index (κ1) is 16.4. The normalized spacial score (nSPS) is 11.1. The average molecular weight is 337 g/mol. The first-order valence-electron chi connectivity index (χ1n) is 7.49. The number of ether oxygens (including phenoxy) is 1. The molecule has 7 heteroatoms. The number of hydrogen-bond donors (Lipinski definition) is 2. The second kappa shape index (κ2) is 6.56. The van der Waals surface area contributed by atoms with Gasteiger partial charge < -0.3 is 15.0 Å². The van der Waals surface area contributed by atoms with Crippen LogP contribution >= 0.6 is 0 Å². The molecule has 2 N–H and O–H groups in total. The molecule has 3 rings (SSSR count). The molecule has 25 heavy (non-hydrogen) atoms. The smallest absolute Gasteiger partial charge is 0.331 e. The molecular weight excluding hydrogens is 322 g/mol. The second-order valence-electron chi connectivity index (χ2n) is 5.34. The molecule has 1 aromatic carbocycles. The van der Waals surface area contributed by atoms with Crippen LogP contribution in [0.25, 0.3) is 21.8 Å². The van der Waals surface area contributed by atoms with Gasteiger partial charge in [-0.3, -0.25) is 9.59 Å². The zero-order valence-corrected chi connectivity index (χ0v) is 13.6. The summed E-state index contributed by atoms with van der Waals surface area (Å²) < 4.78 is 4.44. The molecule has 0 saturated heterocycles. The molecular formula is C18H15N3O4. The van der Waals surface area contributed by atoms with Crippen molar-refractivity contribution in [1.29, 1.82) is 0 Å². The number of para-hydroxylation sites is 1. The Balaban J connectivity index is 2.08. The van der Waals surface area contributed by atoms with E-state index in [1.54, 1.807) is 6.07 Å². The number of nitrogens with zero attached hydrogens (tertiary/aromatic N) is 1. The van der Waals surface area contributed by atoms with E-state index >= 15 is 0 Å². The molecule has 2 heterocycles. The maximum absolute atomic E-state index is 12.3. The number of nitrogens with one attached hydrogen (secondary N) is 2. The van der Waals surface area contributed by atoms with Crippen LogP contribution in [0.3, 0.4) is 0 Å². The summed E-state index contributed by atoms with van der Waals surface area (Å²) in [6, 6.07) is 9.16. The van der Waals surface area contributed by atoms with E-state index in [1.165, 1.54) is 20.2 Å². The summed E-state index contributed by atoms with van der Waals surface area (Å²) in [6.07, 6.45) is 2.25. The number of carbonyl (C=O) groups excluding carboxylic acids is 3. The molecule has 0 unspecified atom stereocenters. The van der Waals surface area contributed by atoms with Crippen LogP contribution < -0.4 is 5.32 Å². The van der Waals surface area contributed by atoms with Gasteiger partial charge >= 0.3 is 5.97 Å². The Morgan fingerprint density at radius 1 is 1.20 bits per heavy atom. The van der Waals surface area contributed by atoms with Gasteiger partial charge in [0, 0.05) is 35.5 Å². The van der Waals surface area contributed by atoms with E-state index in [9.17, 15) is 14.4 Å². The van der Waals surface area contributed by atoms with E-state index in [0.717, 1.165) is 22.4 Å². The van der Waals surface area contributed by atoms with E-state index in [-0.39, 0.29) is 17.2 Å². The number of benzene rings is 1. The van der Waals surface area contributed by atoms with Crippen LogP contribution in [0.4, 0.5) is 0 Å². The number of Topliss-reactive ketones (excluding diaryl/α,β-unsaturated/α-hetero) is 1. The van der Waals surface area contributed by atoms with Gasteiger partial charge in [0.25, 0.3) is 5.91 Å². The third-order valence-corrected chi connectivity index (χ3v) is 3.70. The Kier molecular flexibility index (Phi) is 4.30. The van der Waals surface area contributed by atoms with E-state index < -0.39 is 11.9 Å². The number of ketones is 1. The fourth-order valence-electron chi connectivity index (χ4n) is 2.54. The number of carbonyl (C=O) groups is 3. The highest BCUT2D eigenvalue weighted by Gasteiger charge is 2.17. The van der Waals surface area contributed by atoms with Crippen molar-refractivity contribution in [3.8, 4) is 0 Å². The minimum absolute atomic E-state index is 0.0805. The molecule has 0 saturated carbocycles. The molecule has 2 aromatic heterocycles. The molecule has 0 atom stereocenters. The Labute approximate surface area is 142 Å². The standard InChI is InChI=1S/C18H15N3O4/c1-10(22)16-17-12(11-5-3-4-6-13(11)20-17)9-14(21-16)18(24)19-8-7-15(23)25-2/h3-9,20H,1-2H3,(H,19,24). The quantitative estimate of drug-likeness (QED) is 0.432. The van der Waals surface area contributed by atoms with Crippen LogP contribution in [0.1, 0.15) is 27.9 Å². The molecule has 0 aliphatic heterocycles. The van der Waals surface area contributed by atoms with Crippen molar-refractivity contribution in [2.45, 2.75) is 6.92 Å². The molecule has 0 aliphatic carbocycles. The lowest BCUT2D eigenvalue weighted by Gasteiger charge is -2.04. The number of rotatable bonds is 4. The average Bonchev–Trinajstić information content (AvgIpc) is 2.99. The maximum atomic E-state index is 12.3. The molecule has 1 amide bonds. The first-order valence-corrected chi connectivity index (χ1v) is 7.49. The van der Waals surface area contributed by atoms with Gasteiger partial charge in [-0.25, -0.2) is 9.78 Å². The predicted octanol–water partition coefficient (Wildman–Crippen LogP) is 2.34. The van der Waals surface area contributed by atoms with Gasteiger partial charge in [0.05, 0.1) is 12.6 Å². The summed E-state index contributed by atoms with van der Waals surface area (Å²) in [5.74, 6) is -1.38. The summed E-state index contributed by atoms with van der Waals surface area (Å²) in [5, 5.41) is 4.06. The molecule has 126 valence electrons. The van der Waals surface area contributed by atoms with E-state index in [4.69, 9.17) is 0 Å². The summed E-state index contributed by atoms with van der Waals surface area (Å²) in [6.45, 7) is 1.39. The number of amides is 1. The minimum Gasteiger partial charge on any atom is -0.466 e. The van der Waals surface area contributed by atoms with Gasteiger partial charge in [0.2, 0.25) is 0 Å². The second-order valence-corrected chi connectivity index (χ2v) is 5.34. The lowest BCUT2D eigenvalue weighted by atomic mass is 10.1. The molecule has 0 bridgehead atoms. The van der Waals surface area contributed by atoms with Gasteiger partial charge in [-0.05, 0) is 12.1 Å². The third kappa shape index (κ3) is 3.12. The van der Waals surface area contributed by atoms with E-state index in [0.29, 0.717) is 5.52 Å². The first-order chi connectivity index (χ1) is 12.0. The van der Waals surface area contributed by atoms with Crippen molar-refractivity contribution in [1.82, 2.24) is 15.3 Å². The van der Waals surface area contributed by atoms with Crippen LogP contribution in [0.15, 0.2) is 42.6 Å². The van der Waals surface area contributed by atoms with Crippen LogP contribution in [0.2, 0.25) is 0 Å². The third-order valence-electron chi connectivity index (χ3n) is 3.70. The van der Waals surface area contributed by atoms with Crippen molar-refractivity contribution >= 4 is 39.5 Å². The molecule has 0 spiro atoms. The van der Waals surface area contributed by atoms with Crippen molar-refractivity contribution in [3.05, 3.63) is 54.0 Å². The van der Waals surface area contributed by atoms with Crippen molar-refractivity contribution in [2.75, 3.05) is 7.11 Å². The SMILES string of the molecule is COC(=O)C=CNC(=O)c1cc2c([nH]c3ccccc32)c(C(C)=O)n1. The number of hydrogen-bond acceptors (Lipinski definition) is 5. The Morgan fingerprint density at radius 3 is 2.68 bits per heavy atom. The predicted molar refractivity (Wildman–Crippen MR) is 92.2 cm³/mol. The molecule has 0 fully saturated rings. The van der Waals surface area contributed by atoms with E-state index in [2.05, 4.69) is 20.0 Å². The minimum atomic E-state index is -0.593. The van der Waals surface area contributed by atoms with Crippen LogP contribution in [-0.4, -0.2) is 34.7 Å². The van der Waals surface area contributed by atoms with Crippen LogP contribution in [-0.2, 0) is 9.53 Å². The molecule has 0 aliphatic rings. The highest BCUT2D eigenvalue weighted by molar-refractivity contribution is 6.15. The molecule has 0 radical (unpaired) electrons.